The van der Waals surface area contributed by atoms with Crippen molar-refractivity contribution < 1.29 is 4.74 Å². The van der Waals surface area contributed by atoms with Gasteiger partial charge >= 0.3 is 0 Å². The number of nitrogens with one attached hydrogen (secondary N) is 1. The van der Waals surface area contributed by atoms with E-state index >= 15 is 0 Å². The van der Waals surface area contributed by atoms with Crippen LogP contribution in [0.2, 0.25) is 0 Å². The maximum atomic E-state index is 5.16. The van der Waals surface area contributed by atoms with E-state index in [9.17, 15) is 0 Å². The van der Waals surface area contributed by atoms with E-state index in [0.717, 1.165) is 12.2 Å². The zero-order valence-electron chi connectivity index (χ0n) is 10.0. The molecule has 0 saturated carbocycles. The second kappa shape index (κ2) is 5.90. The predicted molar refractivity (Wildman–Crippen MR) is 67.0 cm³/mol. The average Bonchev–Trinajstić information content (AvgIpc) is 2.59. The molecule has 0 aromatic heterocycles. The van der Waals surface area contributed by atoms with Crippen molar-refractivity contribution in [1.82, 2.24) is 5.32 Å². The minimum Gasteiger partial charge on any atom is -0.497 e. The molecule has 1 aromatic carbocycles. The third kappa shape index (κ3) is 3.24. The number of methoxy groups -OCH3 is 1. The molecule has 1 atom stereocenters. The SMILES string of the molecule is COc1ccc(C[C@@H]2CCCCCN2)cc1. The van der Waals surface area contributed by atoms with Gasteiger partial charge < -0.3 is 10.1 Å². The van der Waals surface area contributed by atoms with Crippen LogP contribution in [0.25, 0.3) is 0 Å². The lowest BCUT2D eigenvalue weighted by molar-refractivity contribution is 0.414. The van der Waals surface area contributed by atoms with Gasteiger partial charge in [0.1, 0.15) is 5.75 Å². The topological polar surface area (TPSA) is 21.3 Å². The number of rotatable bonds is 3. The number of hydrogen-bond acceptors (Lipinski definition) is 2. The summed E-state index contributed by atoms with van der Waals surface area (Å²) in [6.07, 6.45) is 6.54. The van der Waals surface area contributed by atoms with Gasteiger partial charge in [0.05, 0.1) is 7.11 Å². The van der Waals surface area contributed by atoms with Crippen molar-refractivity contribution >= 4 is 0 Å². The van der Waals surface area contributed by atoms with Crippen LogP contribution in [0.4, 0.5) is 0 Å². The fraction of sp³-hybridized carbons (Fsp3) is 0.571. The summed E-state index contributed by atoms with van der Waals surface area (Å²) in [6, 6.07) is 9.10. The van der Waals surface area contributed by atoms with Crippen LogP contribution in [0.5, 0.6) is 5.75 Å². The molecule has 2 rings (SSSR count). The summed E-state index contributed by atoms with van der Waals surface area (Å²) in [4.78, 5) is 0. The maximum Gasteiger partial charge on any atom is 0.118 e. The van der Waals surface area contributed by atoms with Crippen molar-refractivity contribution in [3.8, 4) is 5.75 Å². The molecule has 0 spiro atoms. The van der Waals surface area contributed by atoms with Crippen LogP contribution in [-0.4, -0.2) is 19.7 Å². The Bertz CT molecular complexity index is 299. The van der Waals surface area contributed by atoms with Gasteiger partial charge in [-0.2, -0.15) is 0 Å². The molecular formula is C14H21NO. The van der Waals surface area contributed by atoms with E-state index in [1.807, 2.05) is 12.1 Å². The summed E-state index contributed by atoms with van der Waals surface area (Å²) >= 11 is 0. The van der Waals surface area contributed by atoms with Crippen LogP contribution >= 0.6 is 0 Å². The summed E-state index contributed by atoms with van der Waals surface area (Å²) in [5, 5.41) is 3.63. The normalized spacial score (nSPS) is 21.4. The van der Waals surface area contributed by atoms with Crippen molar-refractivity contribution in [2.45, 2.75) is 38.1 Å². The Hall–Kier alpha value is -1.02. The van der Waals surface area contributed by atoms with Gasteiger partial charge in [0.25, 0.3) is 0 Å². The van der Waals surface area contributed by atoms with Crippen molar-refractivity contribution in [2.24, 2.45) is 0 Å². The molecule has 0 unspecified atom stereocenters. The number of hydrogen-bond donors (Lipinski definition) is 1. The quantitative estimate of drug-likeness (QED) is 0.844. The molecule has 1 aromatic rings. The predicted octanol–water partition coefficient (Wildman–Crippen LogP) is 2.77. The van der Waals surface area contributed by atoms with E-state index in [2.05, 4.69) is 17.4 Å². The highest BCUT2D eigenvalue weighted by atomic mass is 16.5. The van der Waals surface area contributed by atoms with Gasteiger partial charge in [-0.25, -0.2) is 0 Å². The lowest BCUT2D eigenvalue weighted by Gasteiger charge is -2.15. The molecule has 1 fully saturated rings. The van der Waals surface area contributed by atoms with Crippen LogP contribution in [0.15, 0.2) is 24.3 Å². The molecule has 0 aliphatic carbocycles. The largest absolute Gasteiger partial charge is 0.497 e. The Morgan fingerprint density at radius 1 is 1.19 bits per heavy atom. The minimum atomic E-state index is 0.663. The molecule has 88 valence electrons. The van der Waals surface area contributed by atoms with Gasteiger partial charge in [0.2, 0.25) is 0 Å². The van der Waals surface area contributed by atoms with Gasteiger partial charge in [-0.15, -0.1) is 0 Å². The van der Waals surface area contributed by atoms with Crippen LogP contribution < -0.4 is 10.1 Å². The Labute approximate surface area is 98.0 Å². The molecule has 1 saturated heterocycles. The zero-order valence-corrected chi connectivity index (χ0v) is 10.0. The van der Waals surface area contributed by atoms with E-state index in [0.29, 0.717) is 6.04 Å². The van der Waals surface area contributed by atoms with Crippen LogP contribution in [0.3, 0.4) is 0 Å². The number of ether oxygens (including phenoxy) is 1. The Morgan fingerprint density at radius 3 is 2.75 bits per heavy atom. The first-order valence-corrected chi connectivity index (χ1v) is 6.25. The summed E-state index contributed by atoms with van der Waals surface area (Å²) < 4.78 is 5.16. The highest BCUT2D eigenvalue weighted by molar-refractivity contribution is 5.27. The first-order valence-electron chi connectivity index (χ1n) is 6.25. The number of benzene rings is 1. The summed E-state index contributed by atoms with van der Waals surface area (Å²) in [5.74, 6) is 0.942. The van der Waals surface area contributed by atoms with Gasteiger partial charge in [0.15, 0.2) is 0 Å². The zero-order chi connectivity index (χ0) is 11.2. The molecule has 16 heavy (non-hydrogen) atoms. The van der Waals surface area contributed by atoms with E-state index < -0.39 is 0 Å². The monoisotopic (exact) mass is 219 g/mol. The lowest BCUT2D eigenvalue weighted by Crippen LogP contribution is -2.30. The van der Waals surface area contributed by atoms with Crippen LogP contribution in [0.1, 0.15) is 31.2 Å². The van der Waals surface area contributed by atoms with Gasteiger partial charge in [-0.3, -0.25) is 0 Å². The summed E-state index contributed by atoms with van der Waals surface area (Å²) in [6.45, 7) is 1.18. The molecule has 0 amide bonds. The smallest absolute Gasteiger partial charge is 0.118 e. The Kier molecular flexibility index (Phi) is 4.23. The highest BCUT2D eigenvalue weighted by Gasteiger charge is 2.11. The second-order valence-corrected chi connectivity index (χ2v) is 4.55. The molecular weight excluding hydrogens is 198 g/mol. The average molecular weight is 219 g/mol. The lowest BCUT2D eigenvalue weighted by atomic mass is 10.0. The molecule has 0 bridgehead atoms. The van der Waals surface area contributed by atoms with Gasteiger partial charge in [-0.05, 0) is 43.5 Å². The maximum absolute atomic E-state index is 5.16. The van der Waals surface area contributed by atoms with Gasteiger partial charge in [-0.1, -0.05) is 25.0 Å². The molecule has 1 aliphatic heterocycles. The molecule has 1 aliphatic rings. The third-order valence-electron chi connectivity index (χ3n) is 3.30. The summed E-state index contributed by atoms with van der Waals surface area (Å²) in [5.41, 5.74) is 1.40. The highest BCUT2D eigenvalue weighted by Crippen LogP contribution is 2.16. The fourth-order valence-corrected chi connectivity index (χ4v) is 2.32. The van der Waals surface area contributed by atoms with Gasteiger partial charge in [0, 0.05) is 6.04 Å². The second-order valence-electron chi connectivity index (χ2n) is 4.55. The molecule has 2 nitrogen and oxygen atoms in total. The standard InChI is InChI=1S/C14H21NO/c1-16-14-8-6-12(7-9-14)11-13-5-3-2-4-10-15-13/h6-9,13,15H,2-5,10-11H2,1H3/t13-/m0/s1. The fourth-order valence-electron chi connectivity index (χ4n) is 2.32. The first-order chi connectivity index (χ1) is 7.88. The Morgan fingerprint density at radius 2 is 2.00 bits per heavy atom. The molecule has 2 heteroatoms. The summed E-state index contributed by atoms with van der Waals surface area (Å²) in [7, 11) is 1.71. The van der Waals surface area contributed by atoms with Crippen molar-refractivity contribution in [1.29, 1.82) is 0 Å². The minimum absolute atomic E-state index is 0.663. The van der Waals surface area contributed by atoms with E-state index in [1.165, 1.54) is 37.8 Å². The Balaban J connectivity index is 1.91. The van der Waals surface area contributed by atoms with Crippen molar-refractivity contribution in [3.63, 3.8) is 0 Å². The van der Waals surface area contributed by atoms with E-state index in [-0.39, 0.29) is 0 Å². The van der Waals surface area contributed by atoms with Crippen LogP contribution in [-0.2, 0) is 6.42 Å². The van der Waals surface area contributed by atoms with E-state index in [4.69, 9.17) is 4.74 Å². The third-order valence-corrected chi connectivity index (χ3v) is 3.30. The van der Waals surface area contributed by atoms with Crippen molar-refractivity contribution in [3.05, 3.63) is 29.8 Å². The van der Waals surface area contributed by atoms with Crippen molar-refractivity contribution in [2.75, 3.05) is 13.7 Å². The van der Waals surface area contributed by atoms with E-state index in [1.54, 1.807) is 7.11 Å². The first kappa shape index (κ1) is 11.5. The van der Waals surface area contributed by atoms with Crippen LogP contribution in [0, 0.1) is 0 Å². The molecule has 1 heterocycles. The molecule has 1 N–H and O–H groups in total. The molecule has 0 radical (unpaired) electrons.